The Hall–Kier alpha value is -2.51. The number of carbonyl (C=O) groups is 1. The molecule has 1 atom stereocenters. The van der Waals surface area contributed by atoms with Crippen molar-refractivity contribution in [1.29, 1.82) is 0 Å². The number of carbonyl (C=O) groups excluding carboxylic acids is 1. The molecule has 0 unspecified atom stereocenters. The summed E-state index contributed by atoms with van der Waals surface area (Å²) in [5, 5.41) is 3.99. The number of benzene rings is 2. The second-order valence-corrected chi connectivity index (χ2v) is 6.95. The smallest absolute Gasteiger partial charge is 0.245 e. The van der Waals surface area contributed by atoms with E-state index in [9.17, 15) is 4.79 Å². The molecule has 2 aromatic carbocycles. The van der Waals surface area contributed by atoms with Crippen molar-refractivity contribution in [3.63, 3.8) is 0 Å². The van der Waals surface area contributed by atoms with Gasteiger partial charge < -0.3 is 14.8 Å². The first-order chi connectivity index (χ1) is 13.0. The summed E-state index contributed by atoms with van der Waals surface area (Å²) in [6.45, 7) is 0.846. The number of ether oxygens (including phenoxy) is 2. The van der Waals surface area contributed by atoms with Crippen LogP contribution in [0.2, 0.25) is 5.02 Å². The Balaban J connectivity index is 1.44. The molecule has 1 aliphatic heterocycles. The first-order valence-corrected chi connectivity index (χ1v) is 9.21. The van der Waals surface area contributed by atoms with Crippen LogP contribution in [-0.4, -0.2) is 24.7 Å². The molecule has 0 saturated carbocycles. The predicted molar refractivity (Wildman–Crippen MR) is 108 cm³/mol. The van der Waals surface area contributed by atoms with Crippen molar-refractivity contribution in [2.24, 2.45) is 5.92 Å². The maximum Gasteiger partial charge on any atom is 0.245 e. The minimum Gasteiger partial charge on any atom is -0.497 e. The van der Waals surface area contributed by atoms with E-state index < -0.39 is 0 Å². The number of rotatable bonds is 4. The van der Waals surface area contributed by atoms with Crippen molar-refractivity contribution in [1.82, 2.24) is 16.2 Å². The fourth-order valence-corrected chi connectivity index (χ4v) is 3.04. The fraction of sp³-hybridized carbons (Fsp3) is 0.263. The number of hydrogen-bond donors (Lipinski definition) is 3. The van der Waals surface area contributed by atoms with Crippen LogP contribution in [-0.2, 0) is 17.8 Å². The molecule has 1 aliphatic rings. The maximum atomic E-state index is 12.4. The van der Waals surface area contributed by atoms with Crippen LogP contribution in [0, 0.1) is 5.92 Å². The van der Waals surface area contributed by atoms with Gasteiger partial charge in [-0.15, -0.1) is 0 Å². The lowest BCUT2D eigenvalue weighted by molar-refractivity contribution is -0.126. The van der Waals surface area contributed by atoms with E-state index in [4.69, 9.17) is 33.3 Å². The highest BCUT2D eigenvalue weighted by atomic mass is 35.5. The zero-order chi connectivity index (χ0) is 19.2. The molecule has 0 spiro atoms. The predicted octanol–water partition coefficient (Wildman–Crippen LogP) is 2.60. The standard InChI is InChI=1S/C19H20ClN3O3S/c1-25-16-5-2-12(3-6-16)10-21-19(27)23-22-18(24)14-8-13-9-15(20)4-7-17(13)26-11-14/h2-7,9,14H,8,10-11H2,1H3,(H,22,24)(H2,21,23,27)/t14-/m1/s1. The third-order valence-electron chi connectivity index (χ3n) is 4.21. The molecule has 0 bridgehead atoms. The Bertz CT molecular complexity index is 829. The molecule has 3 N–H and O–H groups in total. The molecule has 3 rings (SSSR count). The Morgan fingerprint density at radius 1 is 1.26 bits per heavy atom. The second kappa shape index (κ2) is 8.92. The van der Waals surface area contributed by atoms with E-state index in [1.165, 1.54) is 0 Å². The molecule has 0 aromatic heterocycles. The quantitative estimate of drug-likeness (QED) is 0.536. The topological polar surface area (TPSA) is 71.6 Å². The van der Waals surface area contributed by atoms with Gasteiger partial charge in [0.15, 0.2) is 5.11 Å². The monoisotopic (exact) mass is 405 g/mol. The van der Waals surface area contributed by atoms with E-state index in [2.05, 4.69) is 16.2 Å². The first-order valence-electron chi connectivity index (χ1n) is 8.43. The molecule has 2 aromatic rings. The SMILES string of the molecule is COc1ccc(CNC(=S)NNC(=O)[C@H]2COc3ccc(Cl)cc3C2)cc1. The average Bonchev–Trinajstić information content (AvgIpc) is 2.70. The van der Waals surface area contributed by atoms with E-state index in [0.717, 1.165) is 22.6 Å². The van der Waals surface area contributed by atoms with Gasteiger partial charge in [0.2, 0.25) is 5.91 Å². The zero-order valence-electron chi connectivity index (χ0n) is 14.8. The molecule has 0 saturated heterocycles. The Labute approximate surface area is 168 Å². The molecule has 27 heavy (non-hydrogen) atoms. The number of amides is 1. The van der Waals surface area contributed by atoms with Crippen LogP contribution in [0.25, 0.3) is 0 Å². The minimum absolute atomic E-state index is 0.186. The molecular weight excluding hydrogens is 386 g/mol. The molecule has 142 valence electrons. The lowest BCUT2D eigenvalue weighted by atomic mass is 9.96. The summed E-state index contributed by atoms with van der Waals surface area (Å²) in [5.41, 5.74) is 7.32. The average molecular weight is 406 g/mol. The van der Waals surface area contributed by atoms with E-state index in [-0.39, 0.29) is 11.8 Å². The highest BCUT2D eigenvalue weighted by Crippen LogP contribution is 2.29. The van der Waals surface area contributed by atoms with Crippen molar-refractivity contribution in [3.05, 3.63) is 58.6 Å². The number of fused-ring (bicyclic) bond motifs is 1. The van der Waals surface area contributed by atoms with E-state index in [1.54, 1.807) is 13.2 Å². The van der Waals surface area contributed by atoms with Crippen LogP contribution in [0.15, 0.2) is 42.5 Å². The Morgan fingerprint density at radius 3 is 2.78 bits per heavy atom. The van der Waals surface area contributed by atoms with Gasteiger partial charge in [-0.3, -0.25) is 15.6 Å². The van der Waals surface area contributed by atoms with Gasteiger partial charge in [-0.2, -0.15) is 0 Å². The number of nitrogens with one attached hydrogen (secondary N) is 3. The third kappa shape index (κ3) is 5.24. The number of methoxy groups -OCH3 is 1. The summed E-state index contributed by atoms with van der Waals surface area (Å²) >= 11 is 11.2. The van der Waals surface area contributed by atoms with E-state index in [0.29, 0.717) is 29.7 Å². The molecule has 8 heteroatoms. The van der Waals surface area contributed by atoms with Crippen molar-refractivity contribution in [2.45, 2.75) is 13.0 Å². The normalized spacial score (nSPS) is 15.1. The highest BCUT2D eigenvalue weighted by molar-refractivity contribution is 7.80. The lowest BCUT2D eigenvalue weighted by Crippen LogP contribution is -2.50. The summed E-state index contributed by atoms with van der Waals surface area (Å²) < 4.78 is 10.8. The van der Waals surface area contributed by atoms with Crippen molar-refractivity contribution < 1.29 is 14.3 Å². The molecular formula is C19H20ClN3O3S. The van der Waals surface area contributed by atoms with Gasteiger partial charge in [0.05, 0.1) is 13.0 Å². The molecule has 0 radical (unpaired) electrons. The van der Waals surface area contributed by atoms with Crippen LogP contribution < -0.4 is 25.6 Å². The fourth-order valence-electron chi connectivity index (χ4n) is 2.72. The van der Waals surface area contributed by atoms with Crippen LogP contribution in [0.1, 0.15) is 11.1 Å². The van der Waals surface area contributed by atoms with Gasteiger partial charge in [0, 0.05) is 11.6 Å². The lowest BCUT2D eigenvalue weighted by Gasteiger charge is -2.25. The summed E-state index contributed by atoms with van der Waals surface area (Å²) in [7, 11) is 1.62. The van der Waals surface area contributed by atoms with Crippen LogP contribution in [0.3, 0.4) is 0 Å². The van der Waals surface area contributed by atoms with Gasteiger partial charge in [0.25, 0.3) is 0 Å². The number of thiocarbonyl (C=S) groups is 1. The van der Waals surface area contributed by atoms with Crippen molar-refractivity contribution in [2.75, 3.05) is 13.7 Å². The van der Waals surface area contributed by atoms with Crippen LogP contribution in [0.4, 0.5) is 0 Å². The van der Waals surface area contributed by atoms with Gasteiger partial charge in [0.1, 0.15) is 18.1 Å². The summed E-state index contributed by atoms with van der Waals surface area (Å²) in [6.07, 6.45) is 0.565. The molecule has 1 amide bonds. The second-order valence-electron chi connectivity index (χ2n) is 6.11. The van der Waals surface area contributed by atoms with E-state index >= 15 is 0 Å². The van der Waals surface area contributed by atoms with Crippen molar-refractivity contribution in [3.8, 4) is 11.5 Å². The third-order valence-corrected chi connectivity index (χ3v) is 4.69. The molecule has 0 aliphatic carbocycles. The number of hydrogen-bond acceptors (Lipinski definition) is 4. The van der Waals surface area contributed by atoms with Gasteiger partial charge >= 0.3 is 0 Å². The summed E-state index contributed by atoms with van der Waals surface area (Å²) in [4.78, 5) is 12.4. The van der Waals surface area contributed by atoms with Crippen LogP contribution in [0.5, 0.6) is 11.5 Å². The van der Waals surface area contributed by atoms with Gasteiger partial charge in [-0.25, -0.2) is 0 Å². The van der Waals surface area contributed by atoms with Crippen LogP contribution >= 0.6 is 23.8 Å². The van der Waals surface area contributed by atoms with Gasteiger partial charge in [-0.05, 0) is 60.1 Å². The zero-order valence-corrected chi connectivity index (χ0v) is 16.3. The Kier molecular flexibility index (Phi) is 6.36. The number of hydrazine groups is 1. The number of halogens is 1. The molecule has 0 fully saturated rings. The summed E-state index contributed by atoms with van der Waals surface area (Å²) in [5.74, 6) is 1.07. The van der Waals surface area contributed by atoms with E-state index in [1.807, 2.05) is 36.4 Å². The Morgan fingerprint density at radius 2 is 2.04 bits per heavy atom. The largest absolute Gasteiger partial charge is 0.497 e. The minimum atomic E-state index is -0.312. The summed E-state index contributed by atoms with van der Waals surface area (Å²) in [6, 6.07) is 13.1. The molecule has 1 heterocycles. The molecule has 6 nitrogen and oxygen atoms in total. The first kappa shape index (κ1) is 19.3. The highest BCUT2D eigenvalue weighted by Gasteiger charge is 2.26. The van der Waals surface area contributed by atoms with Crippen molar-refractivity contribution >= 4 is 34.8 Å². The van der Waals surface area contributed by atoms with Gasteiger partial charge in [-0.1, -0.05) is 23.7 Å². The maximum absolute atomic E-state index is 12.4.